The van der Waals surface area contributed by atoms with E-state index in [-0.39, 0.29) is 6.04 Å². The summed E-state index contributed by atoms with van der Waals surface area (Å²) in [6.45, 7) is 4.06. The molecule has 0 fully saturated rings. The van der Waals surface area contributed by atoms with E-state index in [2.05, 4.69) is 21.7 Å². The predicted octanol–water partition coefficient (Wildman–Crippen LogP) is 3.92. The Kier molecular flexibility index (Phi) is 4.38. The van der Waals surface area contributed by atoms with Crippen molar-refractivity contribution in [3.05, 3.63) is 50.4 Å². The monoisotopic (exact) mass is 280 g/mol. The fourth-order valence-corrected chi connectivity index (χ4v) is 2.90. The highest BCUT2D eigenvalue weighted by molar-refractivity contribution is 7.09. The summed E-state index contributed by atoms with van der Waals surface area (Å²) in [5.41, 5.74) is 3.38. The standard InChI is InChI=1S/C14H17ClN2S/c1-9-5-4-6-12(14(9)15)13(16-3)7-11-8-18-10(2)17-11/h4-6,8,13,16H,7H2,1-3H3. The minimum atomic E-state index is 0.207. The van der Waals surface area contributed by atoms with Crippen molar-refractivity contribution in [1.82, 2.24) is 10.3 Å². The quantitative estimate of drug-likeness (QED) is 0.918. The largest absolute Gasteiger partial charge is 0.313 e. The third-order valence-electron chi connectivity index (χ3n) is 3.03. The van der Waals surface area contributed by atoms with Crippen molar-refractivity contribution in [3.63, 3.8) is 0 Å². The van der Waals surface area contributed by atoms with Crippen LogP contribution in [0.2, 0.25) is 5.02 Å². The third-order valence-corrected chi connectivity index (χ3v) is 4.36. The zero-order valence-electron chi connectivity index (χ0n) is 10.8. The van der Waals surface area contributed by atoms with Gasteiger partial charge in [-0.15, -0.1) is 11.3 Å². The molecule has 0 aliphatic heterocycles. The highest BCUT2D eigenvalue weighted by atomic mass is 35.5. The normalized spacial score (nSPS) is 12.7. The van der Waals surface area contributed by atoms with Gasteiger partial charge in [0, 0.05) is 22.9 Å². The summed E-state index contributed by atoms with van der Waals surface area (Å²) in [5.74, 6) is 0. The van der Waals surface area contributed by atoms with Gasteiger partial charge in [0.25, 0.3) is 0 Å². The molecule has 18 heavy (non-hydrogen) atoms. The minimum absolute atomic E-state index is 0.207. The molecule has 0 radical (unpaired) electrons. The van der Waals surface area contributed by atoms with Crippen molar-refractivity contribution < 1.29 is 0 Å². The van der Waals surface area contributed by atoms with Crippen LogP contribution in [-0.4, -0.2) is 12.0 Å². The van der Waals surface area contributed by atoms with Gasteiger partial charge in [-0.25, -0.2) is 4.98 Å². The Bertz CT molecular complexity index is 536. The molecule has 0 amide bonds. The first-order chi connectivity index (χ1) is 8.61. The molecule has 1 unspecified atom stereocenters. The van der Waals surface area contributed by atoms with Crippen LogP contribution in [0.4, 0.5) is 0 Å². The molecule has 1 heterocycles. The molecule has 4 heteroatoms. The van der Waals surface area contributed by atoms with Crippen LogP contribution in [0.5, 0.6) is 0 Å². The van der Waals surface area contributed by atoms with Crippen LogP contribution in [0.25, 0.3) is 0 Å². The summed E-state index contributed by atoms with van der Waals surface area (Å²) in [7, 11) is 1.96. The number of aryl methyl sites for hydroxylation is 2. The summed E-state index contributed by atoms with van der Waals surface area (Å²) in [6.07, 6.45) is 0.865. The lowest BCUT2D eigenvalue weighted by Gasteiger charge is -2.18. The zero-order valence-corrected chi connectivity index (χ0v) is 12.4. The molecule has 1 aromatic carbocycles. The Morgan fingerprint density at radius 2 is 2.17 bits per heavy atom. The number of hydrogen-bond acceptors (Lipinski definition) is 3. The SMILES string of the molecule is CNC(Cc1csc(C)n1)c1cccc(C)c1Cl. The van der Waals surface area contributed by atoms with Crippen molar-refractivity contribution in [2.75, 3.05) is 7.05 Å². The molecular weight excluding hydrogens is 264 g/mol. The zero-order chi connectivity index (χ0) is 13.1. The molecule has 0 saturated heterocycles. The number of hydrogen-bond donors (Lipinski definition) is 1. The van der Waals surface area contributed by atoms with Gasteiger partial charge < -0.3 is 5.32 Å². The van der Waals surface area contributed by atoms with E-state index < -0.39 is 0 Å². The van der Waals surface area contributed by atoms with Gasteiger partial charge in [0.05, 0.1) is 10.7 Å². The van der Waals surface area contributed by atoms with Crippen LogP contribution in [0.1, 0.15) is 27.9 Å². The second kappa shape index (κ2) is 5.83. The highest BCUT2D eigenvalue weighted by Gasteiger charge is 2.15. The van der Waals surface area contributed by atoms with Gasteiger partial charge in [-0.2, -0.15) is 0 Å². The Hall–Kier alpha value is -0.900. The van der Waals surface area contributed by atoms with Gasteiger partial charge >= 0.3 is 0 Å². The number of likely N-dealkylation sites (N-methyl/N-ethyl adjacent to an activating group) is 1. The summed E-state index contributed by atoms with van der Waals surface area (Å²) in [6, 6.07) is 6.37. The molecule has 0 aliphatic rings. The summed E-state index contributed by atoms with van der Waals surface area (Å²) in [4.78, 5) is 4.51. The van der Waals surface area contributed by atoms with Crippen LogP contribution in [0.3, 0.4) is 0 Å². The molecule has 2 aromatic rings. The molecule has 2 rings (SSSR count). The van der Waals surface area contributed by atoms with Gasteiger partial charge in [0.2, 0.25) is 0 Å². The van der Waals surface area contributed by atoms with E-state index >= 15 is 0 Å². The lowest BCUT2D eigenvalue weighted by molar-refractivity contribution is 0.585. The molecule has 0 saturated carbocycles. The number of thiazole rings is 1. The maximum atomic E-state index is 6.38. The maximum absolute atomic E-state index is 6.38. The summed E-state index contributed by atoms with van der Waals surface area (Å²) in [5, 5.41) is 7.40. The molecule has 0 bridgehead atoms. The van der Waals surface area contributed by atoms with Crippen molar-refractivity contribution in [2.45, 2.75) is 26.3 Å². The minimum Gasteiger partial charge on any atom is -0.313 e. The number of nitrogens with zero attached hydrogens (tertiary/aromatic N) is 1. The van der Waals surface area contributed by atoms with E-state index in [9.17, 15) is 0 Å². The topological polar surface area (TPSA) is 24.9 Å². The van der Waals surface area contributed by atoms with E-state index in [1.54, 1.807) is 11.3 Å². The van der Waals surface area contributed by atoms with E-state index in [1.165, 1.54) is 0 Å². The lowest BCUT2D eigenvalue weighted by Crippen LogP contribution is -2.19. The highest BCUT2D eigenvalue weighted by Crippen LogP contribution is 2.28. The van der Waals surface area contributed by atoms with Crippen molar-refractivity contribution in [1.29, 1.82) is 0 Å². The van der Waals surface area contributed by atoms with Crippen molar-refractivity contribution >= 4 is 22.9 Å². The van der Waals surface area contributed by atoms with Gasteiger partial charge in [-0.1, -0.05) is 29.8 Å². The number of halogens is 1. The average molecular weight is 281 g/mol. The van der Waals surface area contributed by atoms with Crippen LogP contribution >= 0.6 is 22.9 Å². The first-order valence-corrected chi connectivity index (χ1v) is 7.21. The Balaban J connectivity index is 2.25. The second-order valence-corrected chi connectivity index (χ2v) is 5.82. The van der Waals surface area contributed by atoms with Crippen LogP contribution in [0.15, 0.2) is 23.6 Å². The first-order valence-electron chi connectivity index (χ1n) is 5.95. The van der Waals surface area contributed by atoms with Gasteiger partial charge in [-0.05, 0) is 32.0 Å². The van der Waals surface area contributed by atoms with Gasteiger partial charge in [-0.3, -0.25) is 0 Å². The summed E-state index contributed by atoms with van der Waals surface area (Å²) < 4.78 is 0. The van der Waals surface area contributed by atoms with E-state index in [0.717, 1.165) is 33.3 Å². The van der Waals surface area contributed by atoms with Crippen molar-refractivity contribution in [3.8, 4) is 0 Å². The van der Waals surface area contributed by atoms with Crippen LogP contribution < -0.4 is 5.32 Å². The molecule has 0 spiro atoms. The maximum Gasteiger partial charge on any atom is 0.0897 e. The summed E-state index contributed by atoms with van der Waals surface area (Å²) >= 11 is 8.07. The van der Waals surface area contributed by atoms with Gasteiger partial charge in [0.15, 0.2) is 0 Å². The lowest BCUT2D eigenvalue weighted by atomic mass is 10.0. The third kappa shape index (κ3) is 2.91. The first kappa shape index (κ1) is 13.5. The average Bonchev–Trinajstić information content (AvgIpc) is 2.76. The van der Waals surface area contributed by atoms with Crippen LogP contribution in [0, 0.1) is 13.8 Å². The Labute approximate surface area is 117 Å². The molecule has 1 N–H and O–H groups in total. The number of aromatic nitrogens is 1. The van der Waals surface area contributed by atoms with Gasteiger partial charge in [0.1, 0.15) is 0 Å². The fraction of sp³-hybridized carbons (Fsp3) is 0.357. The number of benzene rings is 1. The molecule has 2 nitrogen and oxygen atoms in total. The number of rotatable bonds is 4. The van der Waals surface area contributed by atoms with E-state index in [1.807, 2.05) is 33.0 Å². The van der Waals surface area contributed by atoms with Crippen LogP contribution in [-0.2, 0) is 6.42 Å². The molecule has 1 atom stereocenters. The molecule has 0 aliphatic carbocycles. The Morgan fingerprint density at radius 3 is 2.78 bits per heavy atom. The predicted molar refractivity (Wildman–Crippen MR) is 78.5 cm³/mol. The molecular formula is C14H17ClN2S. The Morgan fingerprint density at radius 1 is 1.39 bits per heavy atom. The van der Waals surface area contributed by atoms with E-state index in [4.69, 9.17) is 11.6 Å². The number of nitrogens with one attached hydrogen (secondary N) is 1. The van der Waals surface area contributed by atoms with E-state index in [0.29, 0.717) is 0 Å². The molecule has 96 valence electrons. The fourth-order valence-electron chi connectivity index (χ4n) is 2.02. The molecule has 1 aromatic heterocycles. The second-order valence-electron chi connectivity index (χ2n) is 4.38. The smallest absolute Gasteiger partial charge is 0.0897 e. The van der Waals surface area contributed by atoms with Crippen molar-refractivity contribution in [2.24, 2.45) is 0 Å².